The zero-order valence-electron chi connectivity index (χ0n) is 7.21. The highest BCUT2D eigenvalue weighted by Gasteiger charge is 2.61. The highest BCUT2D eigenvalue weighted by Crippen LogP contribution is 2.62. The molecule has 0 aliphatic heterocycles. The van der Waals surface area contributed by atoms with Crippen LogP contribution in [0.5, 0.6) is 0 Å². The van der Waals surface area contributed by atoms with Crippen LogP contribution in [0.3, 0.4) is 0 Å². The SMILES string of the molecule is O=CCCC1C(CCC=O)C1(Cl)Cl. The summed E-state index contributed by atoms with van der Waals surface area (Å²) >= 11 is 12.0. The molecule has 0 aromatic rings. The summed E-state index contributed by atoms with van der Waals surface area (Å²) in [6.07, 6.45) is 4.23. The Kier molecular flexibility index (Phi) is 3.74. The lowest BCUT2D eigenvalue weighted by Crippen LogP contribution is -1.91. The van der Waals surface area contributed by atoms with Crippen molar-refractivity contribution in [3.05, 3.63) is 0 Å². The van der Waals surface area contributed by atoms with Gasteiger partial charge >= 0.3 is 0 Å². The summed E-state index contributed by atoms with van der Waals surface area (Å²) < 4.78 is -0.688. The fourth-order valence-corrected chi connectivity index (χ4v) is 2.66. The van der Waals surface area contributed by atoms with Crippen LogP contribution in [0.1, 0.15) is 25.7 Å². The first-order valence-corrected chi connectivity index (χ1v) is 5.15. The number of hydrogen-bond donors (Lipinski definition) is 0. The summed E-state index contributed by atoms with van der Waals surface area (Å²) in [5.74, 6) is 0.391. The van der Waals surface area contributed by atoms with Gasteiger partial charge in [-0.25, -0.2) is 0 Å². The van der Waals surface area contributed by atoms with Gasteiger partial charge in [-0.15, -0.1) is 23.2 Å². The lowest BCUT2D eigenvalue weighted by molar-refractivity contribution is -0.108. The molecule has 0 bridgehead atoms. The Morgan fingerprint density at radius 3 is 1.69 bits per heavy atom. The van der Waals surface area contributed by atoms with Crippen LogP contribution in [0.15, 0.2) is 0 Å². The van der Waals surface area contributed by atoms with Crippen LogP contribution in [-0.2, 0) is 9.59 Å². The van der Waals surface area contributed by atoms with E-state index < -0.39 is 4.33 Å². The maximum absolute atomic E-state index is 10.1. The summed E-state index contributed by atoms with van der Waals surface area (Å²) in [7, 11) is 0. The van der Waals surface area contributed by atoms with Gasteiger partial charge in [0.25, 0.3) is 0 Å². The zero-order chi connectivity index (χ0) is 9.90. The van der Waals surface area contributed by atoms with E-state index in [0.29, 0.717) is 12.8 Å². The Balaban J connectivity index is 2.31. The van der Waals surface area contributed by atoms with E-state index in [2.05, 4.69) is 0 Å². The lowest BCUT2D eigenvalue weighted by atomic mass is 10.1. The molecule has 0 N–H and O–H groups in total. The average molecular weight is 223 g/mol. The first kappa shape index (κ1) is 11.0. The molecule has 74 valence electrons. The smallest absolute Gasteiger partial charge is 0.124 e. The van der Waals surface area contributed by atoms with Gasteiger partial charge in [0.1, 0.15) is 16.9 Å². The monoisotopic (exact) mass is 222 g/mol. The first-order chi connectivity index (χ1) is 6.14. The van der Waals surface area contributed by atoms with Crippen LogP contribution in [0.4, 0.5) is 0 Å². The molecule has 1 aliphatic carbocycles. The Morgan fingerprint density at radius 1 is 1.00 bits per heavy atom. The van der Waals surface area contributed by atoms with Crippen LogP contribution in [-0.4, -0.2) is 16.9 Å². The van der Waals surface area contributed by atoms with E-state index in [1.165, 1.54) is 0 Å². The summed E-state index contributed by atoms with van der Waals surface area (Å²) in [6.45, 7) is 0. The van der Waals surface area contributed by atoms with Crippen molar-refractivity contribution in [2.45, 2.75) is 30.0 Å². The summed E-state index contributed by atoms with van der Waals surface area (Å²) in [5, 5.41) is 0. The van der Waals surface area contributed by atoms with E-state index in [4.69, 9.17) is 23.2 Å². The second kappa shape index (κ2) is 4.43. The molecule has 1 aliphatic rings. The Bertz CT molecular complexity index is 184. The van der Waals surface area contributed by atoms with E-state index in [1.807, 2.05) is 0 Å². The predicted molar refractivity (Wildman–Crippen MR) is 52.0 cm³/mol. The van der Waals surface area contributed by atoms with Crippen molar-refractivity contribution in [2.24, 2.45) is 11.8 Å². The van der Waals surface area contributed by atoms with Crippen molar-refractivity contribution >= 4 is 35.8 Å². The first-order valence-electron chi connectivity index (χ1n) is 4.39. The standard InChI is InChI=1S/C9H12Cl2O2/c10-9(11)7(3-1-5-12)8(9)4-2-6-13/h5-8H,1-4H2. The molecule has 2 nitrogen and oxygen atoms in total. The number of aldehydes is 2. The van der Waals surface area contributed by atoms with Crippen molar-refractivity contribution in [1.82, 2.24) is 0 Å². The maximum atomic E-state index is 10.1. The minimum Gasteiger partial charge on any atom is -0.303 e. The van der Waals surface area contributed by atoms with Crippen LogP contribution in [0.2, 0.25) is 0 Å². The summed E-state index contributed by atoms with van der Waals surface area (Å²) in [4.78, 5) is 20.3. The third-order valence-corrected chi connectivity index (χ3v) is 3.68. The zero-order valence-corrected chi connectivity index (χ0v) is 8.72. The molecule has 4 heteroatoms. The van der Waals surface area contributed by atoms with Crippen molar-refractivity contribution in [2.75, 3.05) is 0 Å². The second-order valence-electron chi connectivity index (χ2n) is 3.38. The molecule has 1 rings (SSSR count). The average Bonchev–Trinajstić information content (AvgIpc) is 2.60. The quantitative estimate of drug-likeness (QED) is 0.511. The van der Waals surface area contributed by atoms with E-state index in [-0.39, 0.29) is 11.8 Å². The van der Waals surface area contributed by atoms with Crippen LogP contribution in [0.25, 0.3) is 0 Å². The minimum absolute atomic E-state index is 0.195. The van der Waals surface area contributed by atoms with Crippen LogP contribution in [0, 0.1) is 11.8 Å². The van der Waals surface area contributed by atoms with Gasteiger partial charge in [-0.2, -0.15) is 0 Å². The molecule has 13 heavy (non-hydrogen) atoms. The van der Waals surface area contributed by atoms with Crippen molar-refractivity contribution in [3.63, 3.8) is 0 Å². The highest BCUT2D eigenvalue weighted by atomic mass is 35.5. The van der Waals surface area contributed by atoms with Gasteiger partial charge in [-0.05, 0) is 24.7 Å². The molecule has 2 unspecified atom stereocenters. The van der Waals surface area contributed by atoms with Crippen molar-refractivity contribution in [1.29, 1.82) is 0 Å². The van der Waals surface area contributed by atoms with E-state index in [9.17, 15) is 9.59 Å². The highest BCUT2D eigenvalue weighted by molar-refractivity contribution is 6.51. The number of rotatable bonds is 6. The molecule has 1 fully saturated rings. The molecule has 0 saturated heterocycles. The summed E-state index contributed by atoms with van der Waals surface area (Å²) in [5.41, 5.74) is 0. The third-order valence-electron chi connectivity index (χ3n) is 2.56. The van der Waals surface area contributed by atoms with Gasteiger partial charge in [-0.3, -0.25) is 0 Å². The predicted octanol–water partition coefficient (Wildman–Crippen LogP) is 2.36. The Labute approximate surface area is 87.6 Å². The number of carbonyl (C=O) groups excluding carboxylic acids is 2. The molecule has 0 aromatic heterocycles. The Morgan fingerprint density at radius 2 is 1.38 bits per heavy atom. The second-order valence-corrected chi connectivity index (χ2v) is 4.82. The van der Waals surface area contributed by atoms with E-state index in [1.54, 1.807) is 0 Å². The fraction of sp³-hybridized carbons (Fsp3) is 0.778. The van der Waals surface area contributed by atoms with Gasteiger partial charge in [0.05, 0.1) is 0 Å². The third kappa shape index (κ3) is 2.44. The summed E-state index contributed by atoms with van der Waals surface area (Å²) in [6, 6.07) is 0. The molecule has 0 heterocycles. The molecule has 0 radical (unpaired) electrons. The minimum atomic E-state index is -0.688. The molecular weight excluding hydrogens is 211 g/mol. The van der Waals surface area contributed by atoms with Crippen molar-refractivity contribution < 1.29 is 9.59 Å². The van der Waals surface area contributed by atoms with E-state index in [0.717, 1.165) is 25.4 Å². The Hall–Kier alpha value is -0.0800. The van der Waals surface area contributed by atoms with Gasteiger partial charge < -0.3 is 9.59 Å². The van der Waals surface area contributed by atoms with Gasteiger partial charge in [-0.1, -0.05) is 0 Å². The lowest BCUT2D eigenvalue weighted by Gasteiger charge is -1.93. The van der Waals surface area contributed by atoms with Crippen LogP contribution >= 0.6 is 23.2 Å². The van der Waals surface area contributed by atoms with Gasteiger partial charge in [0.15, 0.2) is 0 Å². The van der Waals surface area contributed by atoms with Gasteiger partial charge in [0.2, 0.25) is 0 Å². The normalized spacial score (nSPS) is 29.7. The molecule has 1 saturated carbocycles. The number of hydrogen-bond acceptors (Lipinski definition) is 2. The molecule has 0 aromatic carbocycles. The molecule has 2 atom stereocenters. The number of carbonyl (C=O) groups is 2. The van der Waals surface area contributed by atoms with Crippen LogP contribution < -0.4 is 0 Å². The fourth-order valence-electron chi connectivity index (χ4n) is 1.74. The number of halogens is 2. The van der Waals surface area contributed by atoms with Crippen molar-refractivity contribution in [3.8, 4) is 0 Å². The molecule has 0 amide bonds. The maximum Gasteiger partial charge on any atom is 0.124 e. The topological polar surface area (TPSA) is 34.1 Å². The largest absolute Gasteiger partial charge is 0.303 e. The molecular formula is C9H12Cl2O2. The van der Waals surface area contributed by atoms with Gasteiger partial charge in [0, 0.05) is 12.8 Å². The van der Waals surface area contributed by atoms with E-state index >= 15 is 0 Å². The number of alkyl halides is 2. The molecule has 0 spiro atoms.